The number of pyridine rings is 1. The van der Waals surface area contributed by atoms with Crippen molar-refractivity contribution >= 4 is 11.7 Å². The lowest BCUT2D eigenvalue weighted by atomic mass is 9.98. The van der Waals surface area contributed by atoms with Crippen molar-refractivity contribution in [1.29, 1.82) is 0 Å². The number of ether oxygens (including phenoxy) is 1. The van der Waals surface area contributed by atoms with E-state index in [0.29, 0.717) is 22.4 Å². The molecule has 0 saturated carbocycles. The number of nitrogens with zero attached hydrogens (tertiary/aromatic N) is 1. The molecule has 0 aliphatic rings. The molecule has 0 aliphatic carbocycles. The van der Waals surface area contributed by atoms with E-state index in [0.717, 1.165) is 5.69 Å². The van der Waals surface area contributed by atoms with Crippen LogP contribution in [0.5, 0.6) is 5.75 Å². The van der Waals surface area contributed by atoms with Crippen LogP contribution in [0.15, 0.2) is 72.9 Å². The Labute approximate surface area is 169 Å². The number of hydrogen-bond donors (Lipinski definition) is 1. The van der Waals surface area contributed by atoms with Gasteiger partial charge in [0.1, 0.15) is 12.4 Å². The van der Waals surface area contributed by atoms with Crippen LogP contribution in [-0.4, -0.2) is 29.8 Å². The van der Waals surface area contributed by atoms with Crippen molar-refractivity contribution in [1.82, 2.24) is 10.3 Å². The van der Waals surface area contributed by atoms with Crippen molar-refractivity contribution in [3.8, 4) is 17.6 Å². The normalized spacial score (nSPS) is 9.83. The van der Waals surface area contributed by atoms with Crippen molar-refractivity contribution in [2.45, 2.75) is 6.92 Å². The van der Waals surface area contributed by atoms with Gasteiger partial charge in [0.05, 0.1) is 18.3 Å². The summed E-state index contributed by atoms with van der Waals surface area (Å²) in [6, 6.07) is 19.3. The maximum atomic E-state index is 12.7. The van der Waals surface area contributed by atoms with Gasteiger partial charge in [-0.3, -0.25) is 14.6 Å². The molecular weight excluding hydrogens is 364 g/mol. The second kappa shape index (κ2) is 9.86. The first-order valence-electron chi connectivity index (χ1n) is 9.13. The minimum atomic E-state index is -0.345. The van der Waals surface area contributed by atoms with Crippen LogP contribution < -0.4 is 10.1 Å². The molecule has 0 spiro atoms. The van der Waals surface area contributed by atoms with Gasteiger partial charge in [0.25, 0.3) is 5.91 Å². The van der Waals surface area contributed by atoms with Crippen LogP contribution in [-0.2, 0) is 0 Å². The molecule has 29 heavy (non-hydrogen) atoms. The lowest BCUT2D eigenvalue weighted by Gasteiger charge is -2.08. The van der Waals surface area contributed by atoms with Gasteiger partial charge in [0, 0.05) is 16.8 Å². The van der Waals surface area contributed by atoms with Crippen LogP contribution in [0.1, 0.15) is 32.0 Å². The summed E-state index contributed by atoms with van der Waals surface area (Å²) in [5, 5.41) is 2.72. The van der Waals surface area contributed by atoms with Gasteiger partial charge < -0.3 is 10.1 Å². The maximum Gasteiger partial charge on any atom is 0.252 e. The summed E-state index contributed by atoms with van der Waals surface area (Å²) in [6.45, 7) is 2.25. The van der Waals surface area contributed by atoms with Crippen LogP contribution in [0.25, 0.3) is 0 Å². The summed E-state index contributed by atoms with van der Waals surface area (Å²) in [7, 11) is 0. The zero-order valence-corrected chi connectivity index (χ0v) is 16.0. The van der Waals surface area contributed by atoms with E-state index in [4.69, 9.17) is 4.74 Å². The lowest BCUT2D eigenvalue weighted by Crippen LogP contribution is -2.25. The van der Waals surface area contributed by atoms with Crippen LogP contribution in [0.3, 0.4) is 0 Å². The Balaban J connectivity index is 1.56. The zero-order chi connectivity index (χ0) is 20.5. The van der Waals surface area contributed by atoms with Gasteiger partial charge >= 0.3 is 0 Å². The molecule has 3 rings (SSSR count). The molecule has 0 atom stereocenters. The Hall–Kier alpha value is -3.91. The predicted octanol–water partition coefficient (Wildman–Crippen LogP) is 3.43. The SMILES string of the molecule is Cc1ccc(OCC#CCNC(=O)c2ccccc2C(=O)c2ccccc2)cn1. The van der Waals surface area contributed by atoms with Crippen LogP contribution in [0.4, 0.5) is 0 Å². The van der Waals surface area contributed by atoms with E-state index in [-0.39, 0.29) is 24.8 Å². The number of amides is 1. The molecule has 5 nitrogen and oxygen atoms in total. The van der Waals surface area contributed by atoms with Gasteiger partial charge in [-0.25, -0.2) is 0 Å². The predicted molar refractivity (Wildman–Crippen MR) is 111 cm³/mol. The van der Waals surface area contributed by atoms with E-state index in [9.17, 15) is 9.59 Å². The average Bonchev–Trinajstić information content (AvgIpc) is 2.77. The number of aryl methyl sites for hydroxylation is 1. The number of benzene rings is 2. The molecule has 0 fully saturated rings. The van der Waals surface area contributed by atoms with Crippen molar-refractivity contribution in [3.63, 3.8) is 0 Å². The number of rotatable bonds is 6. The summed E-state index contributed by atoms with van der Waals surface area (Å²) < 4.78 is 5.46. The van der Waals surface area contributed by atoms with Crippen LogP contribution in [0.2, 0.25) is 0 Å². The van der Waals surface area contributed by atoms with Crippen molar-refractivity contribution in [2.75, 3.05) is 13.2 Å². The molecule has 1 N–H and O–H groups in total. The fraction of sp³-hybridized carbons (Fsp3) is 0.125. The molecule has 144 valence electrons. The van der Waals surface area contributed by atoms with Gasteiger partial charge in [-0.15, -0.1) is 0 Å². The quantitative estimate of drug-likeness (QED) is 0.522. The Morgan fingerprint density at radius 3 is 2.38 bits per heavy atom. The topological polar surface area (TPSA) is 68.3 Å². The summed E-state index contributed by atoms with van der Waals surface area (Å²) in [6.07, 6.45) is 1.64. The van der Waals surface area contributed by atoms with Gasteiger partial charge in [-0.05, 0) is 25.1 Å². The Kier molecular flexibility index (Phi) is 6.75. The first-order chi connectivity index (χ1) is 14.1. The van der Waals surface area contributed by atoms with Crippen LogP contribution >= 0.6 is 0 Å². The molecule has 0 bridgehead atoms. The molecule has 0 aliphatic heterocycles. The first-order valence-corrected chi connectivity index (χ1v) is 9.13. The van der Waals surface area contributed by atoms with Crippen molar-refractivity contribution in [2.24, 2.45) is 0 Å². The largest absolute Gasteiger partial charge is 0.479 e. The average molecular weight is 384 g/mol. The number of carbonyl (C=O) groups is 2. The van der Waals surface area contributed by atoms with Crippen molar-refractivity contribution < 1.29 is 14.3 Å². The lowest BCUT2D eigenvalue weighted by molar-refractivity contribution is 0.0946. The number of ketones is 1. The second-order valence-electron chi connectivity index (χ2n) is 6.20. The Bertz CT molecular complexity index is 1050. The van der Waals surface area contributed by atoms with E-state index in [1.165, 1.54) is 0 Å². The minimum Gasteiger partial charge on any atom is -0.479 e. The Morgan fingerprint density at radius 1 is 0.931 bits per heavy atom. The number of carbonyl (C=O) groups excluding carboxylic acids is 2. The van der Waals surface area contributed by atoms with E-state index in [2.05, 4.69) is 22.1 Å². The van der Waals surface area contributed by atoms with Gasteiger partial charge in [0.15, 0.2) is 5.78 Å². The molecular formula is C24H20N2O3. The van der Waals surface area contributed by atoms with Gasteiger partial charge in [0.2, 0.25) is 0 Å². The summed E-state index contributed by atoms with van der Waals surface area (Å²) in [5.74, 6) is 5.78. The fourth-order valence-electron chi connectivity index (χ4n) is 2.62. The van der Waals surface area contributed by atoms with Gasteiger partial charge in [-0.2, -0.15) is 0 Å². The highest BCUT2D eigenvalue weighted by atomic mass is 16.5. The molecule has 0 unspecified atom stereocenters. The van der Waals surface area contributed by atoms with E-state index < -0.39 is 0 Å². The number of nitrogens with one attached hydrogen (secondary N) is 1. The summed E-state index contributed by atoms with van der Waals surface area (Å²) in [4.78, 5) is 29.4. The van der Waals surface area contributed by atoms with E-state index in [1.54, 1.807) is 54.7 Å². The summed E-state index contributed by atoms with van der Waals surface area (Å²) in [5.41, 5.74) is 2.14. The Morgan fingerprint density at radius 2 is 1.66 bits per heavy atom. The highest BCUT2D eigenvalue weighted by Crippen LogP contribution is 2.14. The standard InChI is InChI=1S/C24H20N2O3/c1-18-13-14-20(17-26-18)29-16-8-7-15-25-24(28)22-12-6-5-11-21(22)23(27)19-9-3-2-4-10-19/h2-6,9-14,17H,15-16H2,1H3,(H,25,28). The second-order valence-corrected chi connectivity index (χ2v) is 6.20. The number of hydrogen-bond acceptors (Lipinski definition) is 4. The molecule has 1 amide bonds. The highest BCUT2D eigenvalue weighted by molar-refractivity contribution is 6.15. The molecule has 5 heteroatoms. The molecule has 3 aromatic rings. The maximum absolute atomic E-state index is 12.7. The van der Waals surface area contributed by atoms with E-state index >= 15 is 0 Å². The van der Waals surface area contributed by atoms with Gasteiger partial charge in [-0.1, -0.05) is 60.4 Å². The molecule has 0 saturated heterocycles. The number of aromatic nitrogens is 1. The fourth-order valence-corrected chi connectivity index (χ4v) is 2.62. The molecule has 1 aromatic heterocycles. The molecule has 0 radical (unpaired) electrons. The zero-order valence-electron chi connectivity index (χ0n) is 16.0. The van der Waals surface area contributed by atoms with E-state index in [1.807, 2.05) is 25.1 Å². The third kappa shape index (κ3) is 5.53. The highest BCUT2D eigenvalue weighted by Gasteiger charge is 2.17. The minimum absolute atomic E-state index is 0.155. The smallest absolute Gasteiger partial charge is 0.252 e. The van der Waals surface area contributed by atoms with Crippen LogP contribution in [0, 0.1) is 18.8 Å². The third-order valence-electron chi connectivity index (χ3n) is 4.11. The van der Waals surface area contributed by atoms with Crippen molar-refractivity contribution in [3.05, 3.63) is 95.3 Å². The molecule has 2 aromatic carbocycles. The monoisotopic (exact) mass is 384 g/mol. The molecule has 1 heterocycles. The third-order valence-corrected chi connectivity index (χ3v) is 4.11. The summed E-state index contributed by atoms with van der Waals surface area (Å²) >= 11 is 0. The first kappa shape index (κ1) is 19.8.